The average Bonchev–Trinajstić information content (AvgIpc) is 3.35. The first-order valence-electron chi connectivity index (χ1n) is 8.90. The summed E-state index contributed by atoms with van der Waals surface area (Å²) in [6, 6.07) is 4.72. The minimum Gasteiger partial charge on any atom is -0.480 e. The molecular formula is C18H20N4O4. The molecule has 3 unspecified atom stereocenters. The highest BCUT2D eigenvalue weighted by atomic mass is 16.5. The van der Waals surface area contributed by atoms with Crippen molar-refractivity contribution < 1.29 is 19.2 Å². The number of fused-ring (bicyclic) bond motifs is 1. The largest absolute Gasteiger partial charge is 0.480 e. The van der Waals surface area contributed by atoms with E-state index in [1.165, 1.54) is 4.90 Å². The Morgan fingerprint density at radius 3 is 2.96 bits per heavy atom. The van der Waals surface area contributed by atoms with E-state index in [1.54, 1.807) is 18.3 Å². The van der Waals surface area contributed by atoms with E-state index in [0.29, 0.717) is 29.9 Å². The van der Waals surface area contributed by atoms with Crippen LogP contribution < -0.4 is 0 Å². The van der Waals surface area contributed by atoms with Gasteiger partial charge in [-0.15, -0.1) is 0 Å². The second-order valence-electron chi connectivity index (χ2n) is 6.91. The number of carbonyl (C=O) groups is 2. The topological polar surface area (TPSA) is 109 Å². The molecule has 0 aromatic carbocycles. The van der Waals surface area contributed by atoms with Crippen LogP contribution in [-0.2, 0) is 16.0 Å². The van der Waals surface area contributed by atoms with Gasteiger partial charge in [-0.2, -0.15) is 4.98 Å². The van der Waals surface area contributed by atoms with Crippen LogP contribution in [0.5, 0.6) is 0 Å². The van der Waals surface area contributed by atoms with E-state index in [4.69, 9.17) is 4.52 Å². The van der Waals surface area contributed by atoms with Gasteiger partial charge in [0.2, 0.25) is 17.6 Å². The number of pyridine rings is 1. The zero-order chi connectivity index (χ0) is 18.1. The third-order valence-electron chi connectivity index (χ3n) is 5.38. The van der Waals surface area contributed by atoms with Gasteiger partial charge < -0.3 is 14.5 Å². The van der Waals surface area contributed by atoms with E-state index in [0.717, 1.165) is 19.3 Å². The van der Waals surface area contributed by atoms with Gasteiger partial charge >= 0.3 is 5.97 Å². The van der Waals surface area contributed by atoms with Crippen molar-refractivity contribution in [3.8, 4) is 11.5 Å². The first kappa shape index (κ1) is 16.7. The molecule has 0 spiro atoms. The Kier molecular flexibility index (Phi) is 4.40. The number of carbonyl (C=O) groups excluding carboxylic acids is 1. The number of likely N-dealkylation sites (tertiary alicyclic amines) is 1. The molecule has 1 N–H and O–H groups in total. The van der Waals surface area contributed by atoms with Crippen molar-refractivity contribution in [1.82, 2.24) is 20.0 Å². The van der Waals surface area contributed by atoms with Crippen LogP contribution in [0.4, 0.5) is 0 Å². The molecule has 26 heavy (non-hydrogen) atoms. The number of carboxylic acids is 1. The average molecular weight is 356 g/mol. The van der Waals surface area contributed by atoms with Crippen molar-refractivity contribution in [2.75, 3.05) is 6.54 Å². The molecule has 8 nitrogen and oxygen atoms in total. The van der Waals surface area contributed by atoms with Crippen molar-refractivity contribution in [2.24, 2.45) is 11.8 Å². The fraction of sp³-hybridized carbons (Fsp3) is 0.500. The number of nitrogens with zero attached hydrogens (tertiary/aromatic N) is 4. The van der Waals surface area contributed by atoms with E-state index >= 15 is 0 Å². The molecular weight excluding hydrogens is 336 g/mol. The highest BCUT2D eigenvalue weighted by Gasteiger charge is 2.49. The predicted octanol–water partition coefficient (Wildman–Crippen LogP) is 1.78. The summed E-state index contributed by atoms with van der Waals surface area (Å²) in [5, 5.41) is 13.4. The Morgan fingerprint density at radius 1 is 1.31 bits per heavy atom. The maximum atomic E-state index is 12.6. The summed E-state index contributed by atoms with van der Waals surface area (Å²) in [6.45, 7) is 0.545. The van der Waals surface area contributed by atoms with E-state index in [9.17, 15) is 14.7 Å². The third kappa shape index (κ3) is 3.07. The number of amides is 1. The van der Waals surface area contributed by atoms with Gasteiger partial charge in [0.05, 0.1) is 0 Å². The summed E-state index contributed by atoms with van der Waals surface area (Å²) in [5.41, 5.74) is 0.604. The lowest BCUT2D eigenvalue weighted by molar-refractivity contribution is -0.149. The molecule has 1 amide bonds. The molecule has 3 heterocycles. The van der Waals surface area contributed by atoms with Crippen molar-refractivity contribution in [1.29, 1.82) is 0 Å². The predicted molar refractivity (Wildman–Crippen MR) is 89.8 cm³/mol. The molecule has 2 aromatic heterocycles. The fourth-order valence-corrected chi connectivity index (χ4v) is 4.19. The van der Waals surface area contributed by atoms with Crippen molar-refractivity contribution in [2.45, 2.75) is 38.1 Å². The van der Waals surface area contributed by atoms with Gasteiger partial charge in [0.1, 0.15) is 11.7 Å². The molecule has 8 heteroatoms. The summed E-state index contributed by atoms with van der Waals surface area (Å²) in [6.07, 6.45) is 5.05. The van der Waals surface area contributed by atoms with Gasteiger partial charge in [-0.25, -0.2) is 4.79 Å². The third-order valence-corrected chi connectivity index (χ3v) is 5.38. The quantitative estimate of drug-likeness (QED) is 0.869. The molecule has 2 aliphatic rings. The Labute approximate surface area is 150 Å². The highest BCUT2D eigenvalue weighted by Crippen LogP contribution is 2.42. The van der Waals surface area contributed by atoms with Crippen LogP contribution in [-0.4, -0.2) is 49.6 Å². The normalized spacial score (nSPS) is 24.6. The van der Waals surface area contributed by atoms with E-state index in [2.05, 4.69) is 15.1 Å². The first-order valence-corrected chi connectivity index (χ1v) is 8.90. The molecule has 0 radical (unpaired) electrons. The lowest BCUT2D eigenvalue weighted by atomic mass is 9.94. The number of rotatable bonds is 5. The van der Waals surface area contributed by atoms with Gasteiger partial charge in [-0.05, 0) is 36.8 Å². The van der Waals surface area contributed by atoms with Gasteiger partial charge in [0, 0.05) is 25.6 Å². The maximum Gasteiger partial charge on any atom is 0.326 e. The molecule has 136 valence electrons. The number of aliphatic carboxylic acids is 1. The standard InChI is InChI=1S/C18H20N4O4/c23-15(22-10-11-4-3-5-12(11)16(22)18(24)25)8-7-14-20-17(21-26-14)13-6-1-2-9-19-13/h1-2,6,9,11-12,16H,3-5,7-8,10H2,(H,24,25). The van der Waals surface area contributed by atoms with E-state index in [-0.39, 0.29) is 24.7 Å². The lowest BCUT2D eigenvalue weighted by Gasteiger charge is -2.24. The molecule has 1 aliphatic heterocycles. The van der Waals surface area contributed by atoms with Crippen LogP contribution in [0.1, 0.15) is 31.6 Å². The Hall–Kier alpha value is -2.77. The number of aryl methyl sites for hydroxylation is 1. The minimum atomic E-state index is -0.900. The molecule has 3 atom stereocenters. The second kappa shape index (κ2) is 6.86. The Morgan fingerprint density at radius 2 is 2.19 bits per heavy atom. The van der Waals surface area contributed by atoms with Crippen LogP contribution in [0.3, 0.4) is 0 Å². The summed E-state index contributed by atoms with van der Waals surface area (Å²) < 4.78 is 5.19. The molecule has 1 saturated heterocycles. The first-order chi connectivity index (χ1) is 12.6. The maximum absolute atomic E-state index is 12.6. The van der Waals surface area contributed by atoms with E-state index < -0.39 is 12.0 Å². The number of carboxylic acid groups (broad SMARTS) is 1. The van der Waals surface area contributed by atoms with E-state index in [1.807, 2.05) is 6.07 Å². The molecule has 1 aliphatic carbocycles. The van der Waals surface area contributed by atoms with Gasteiger partial charge in [-0.3, -0.25) is 9.78 Å². The fourth-order valence-electron chi connectivity index (χ4n) is 4.19. The number of aromatic nitrogens is 3. The second-order valence-corrected chi connectivity index (χ2v) is 6.91. The summed E-state index contributed by atoms with van der Waals surface area (Å²) in [5.74, 6) is 0.0830. The van der Waals surface area contributed by atoms with Gasteiger partial charge in [0.25, 0.3) is 0 Å². The number of hydrogen-bond donors (Lipinski definition) is 1. The molecule has 1 saturated carbocycles. The zero-order valence-electron chi connectivity index (χ0n) is 14.2. The van der Waals surface area contributed by atoms with Crippen molar-refractivity contribution in [3.05, 3.63) is 30.3 Å². The SMILES string of the molecule is O=C(O)C1C2CCCC2CN1C(=O)CCc1nc(-c2ccccn2)no1. The van der Waals surface area contributed by atoms with Crippen LogP contribution in [0, 0.1) is 11.8 Å². The smallest absolute Gasteiger partial charge is 0.326 e. The zero-order valence-corrected chi connectivity index (χ0v) is 14.2. The van der Waals surface area contributed by atoms with Gasteiger partial charge in [0.15, 0.2) is 0 Å². The van der Waals surface area contributed by atoms with Crippen LogP contribution in [0.25, 0.3) is 11.5 Å². The van der Waals surface area contributed by atoms with Crippen LogP contribution in [0.15, 0.2) is 28.9 Å². The van der Waals surface area contributed by atoms with Crippen LogP contribution >= 0.6 is 0 Å². The molecule has 0 bridgehead atoms. The Bertz CT molecular complexity index is 807. The van der Waals surface area contributed by atoms with Crippen molar-refractivity contribution >= 4 is 11.9 Å². The van der Waals surface area contributed by atoms with Crippen LogP contribution in [0.2, 0.25) is 0 Å². The molecule has 2 fully saturated rings. The summed E-state index contributed by atoms with van der Waals surface area (Å²) in [7, 11) is 0. The number of hydrogen-bond acceptors (Lipinski definition) is 6. The minimum absolute atomic E-state index is 0.0932. The monoisotopic (exact) mass is 356 g/mol. The lowest BCUT2D eigenvalue weighted by Crippen LogP contribution is -2.43. The summed E-state index contributed by atoms with van der Waals surface area (Å²) in [4.78, 5) is 34.2. The highest BCUT2D eigenvalue weighted by molar-refractivity contribution is 5.84. The van der Waals surface area contributed by atoms with Gasteiger partial charge in [-0.1, -0.05) is 17.6 Å². The Balaban J connectivity index is 1.40. The summed E-state index contributed by atoms with van der Waals surface area (Å²) >= 11 is 0. The van der Waals surface area contributed by atoms with Crippen molar-refractivity contribution in [3.63, 3.8) is 0 Å². The molecule has 2 aromatic rings. The molecule has 4 rings (SSSR count).